The quantitative estimate of drug-likeness (QED) is 0.746. The summed E-state index contributed by atoms with van der Waals surface area (Å²) in [6.45, 7) is 4.55. The van der Waals surface area contributed by atoms with Gasteiger partial charge in [-0.3, -0.25) is 0 Å². The molecule has 1 atom stereocenters. The number of aromatic nitrogens is 2. The van der Waals surface area contributed by atoms with Crippen molar-refractivity contribution in [3.8, 4) is 0 Å². The molecule has 0 aromatic carbocycles. The number of hydrogen-bond acceptors (Lipinski definition) is 5. The second-order valence-corrected chi connectivity index (χ2v) is 4.91. The average molecular weight is 274 g/mol. The van der Waals surface area contributed by atoms with Crippen molar-refractivity contribution in [2.75, 3.05) is 19.0 Å². The largest absolute Gasteiger partial charge is 0.388 e. The molecule has 0 saturated carbocycles. The summed E-state index contributed by atoms with van der Waals surface area (Å²) in [7, 11) is 1.57. The van der Waals surface area contributed by atoms with Crippen molar-refractivity contribution >= 4 is 17.4 Å². The lowest BCUT2D eigenvalue weighted by Gasteiger charge is -2.23. The number of ether oxygens (including phenoxy) is 1. The second kappa shape index (κ2) is 6.87. The fourth-order valence-corrected chi connectivity index (χ4v) is 1.86. The van der Waals surface area contributed by atoms with E-state index in [9.17, 15) is 5.11 Å². The van der Waals surface area contributed by atoms with Gasteiger partial charge in [-0.1, -0.05) is 24.9 Å². The molecule has 5 nitrogen and oxygen atoms in total. The topological polar surface area (TPSA) is 67.3 Å². The van der Waals surface area contributed by atoms with Gasteiger partial charge < -0.3 is 15.2 Å². The molecule has 0 amide bonds. The first-order chi connectivity index (χ1) is 8.46. The highest BCUT2D eigenvalue weighted by atomic mass is 35.5. The predicted octanol–water partition coefficient (Wildman–Crippen LogP) is 2.24. The Balaban J connectivity index is 2.66. The molecule has 0 spiro atoms. The van der Waals surface area contributed by atoms with E-state index < -0.39 is 5.60 Å². The number of aliphatic hydroxyl groups is 1. The summed E-state index contributed by atoms with van der Waals surface area (Å²) in [6, 6.07) is 1.63. The first-order valence-electron chi connectivity index (χ1n) is 5.95. The SMILES string of the molecule is CCCC(C)(O)CNc1cc(Cl)nc(COC)n1. The van der Waals surface area contributed by atoms with E-state index in [1.165, 1.54) is 0 Å². The van der Waals surface area contributed by atoms with Crippen molar-refractivity contribution in [1.82, 2.24) is 9.97 Å². The second-order valence-electron chi connectivity index (χ2n) is 4.53. The van der Waals surface area contributed by atoms with Gasteiger partial charge in [0, 0.05) is 19.7 Å². The maximum Gasteiger partial charge on any atom is 0.158 e. The molecule has 1 heterocycles. The van der Waals surface area contributed by atoms with Gasteiger partial charge in [0.05, 0.1) is 5.60 Å². The van der Waals surface area contributed by atoms with Crippen LogP contribution in [0.3, 0.4) is 0 Å². The molecule has 18 heavy (non-hydrogen) atoms. The zero-order valence-corrected chi connectivity index (χ0v) is 11.8. The average Bonchev–Trinajstić information content (AvgIpc) is 2.26. The molecule has 0 radical (unpaired) electrons. The highest BCUT2D eigenvalue weighted by molar-refractivity contribution is 6.29. The molecule has 0 fully saturated rings. The summed E-state index contributed by atoms with van der Waals surface area (Å²) in [4.78, 5) is 8.27. The first-order valence-corrected chi connectivity index (χ1v) is 6.33. The van der Waals surface area contributed by atoms with Gasteiger partial charge in [-0.15, -0.1) is 0 Å². The van der Waals surface area contributed by atoms with E-state index in [2.05, 4.69) is 15.3 Å². The molecule has 0 saturated heterocycles. The van der Waals surface area contributed by atoms with Crippen LogP contribution in [0.1, 0.15) is 32.5 Å². The number of anilines is 1. The van der Waals surface area contributed by atoms with Crippen molar-refractivity contribution < 1.29 is 9.84 Å². The van der Waals surface area contributed by atoms with Crippen LogP contribution in [0.25, 0.3) is 0 Å². The van der Waals surface area contributed by atoms with Crippen LogP contribution in [0.2, 0.25) is 5.15 Å². The summed E-state index contributed by atoms with van der Waals surface area (Å²) in [6.07, 6.45) is 1.65. The predicted molar refractivity (Wildman–Crippen MR) is 71.8 cm³/mol. The monoisotopic (exact) mass is 273 g/mol. The van der Waals surface area contributed by atoms with Gasteiger partial charge in [0.25, 0.3) is 0 Å². The summed E-state index contributed by atoms with van der Waals surface area (Å²) in [5.74, 6) is 1.11. The zero-order valence-electron chi connectivity index (χ0n) is 11.0. The number of rotatable bonds is 7. The number of methoxy groups -OCH3 is 1. The van der Waals surface area contributed by atoms with Crippen LogP contribution in [0, 0.1) is 0 Å². The van der Waals surface area contributed by atoms with E-state index in [4.69, 9.17) is 16.3 Å². The van der Waals surface area contributed by atoms with Gasteiger partial charge >= 0.3 is 0 Å². The minimum Gasteiger partial charge on any atom is -0.388 e. The molecule has 6 heteroatoms. The van der Waals surface area contributed by atoms with E-state index in [1.54, 1.807) is 20.1 Å². The molecule has 1 aromatic rings. The van der Waals surface area contributed by atoms with E-state index in [0.717, 1.165) is 12.8 Å². The minimum atomic E-state index is -0.756. The molecule has 0 aliphatic heterocycles. The third-order valence-electron chi connectivity index (χ3n) is 2.45. The van der Waals surface area contributed by atoms with Gasteiger partial charge in [-0.2, -0.15) is 0 Å². The van der Waals surface area contributed by atoms with E-state index >= 15 is 0 Å². The summed E-state index contributed by atoms with van der Waals surface area (Å²) in [5, 5.41) is 13.5. The number of halogens is 1. The van der Waals surface area contributed by atoms with Gasteiger partial charge in [-0.05, 0) is 13.3 Å². The van der Waals surface area contributed by atoms with E-state index in [0.29, 0.717) is 29.9 Å². The van der Waals surface area contributed by atoms with Crippen LogP contribution in [-0.2, 0) is 11.3 Å². The molecule has 1 aromatic heterocycles. The van der Waals surface area contributed by atoms with Crippen molar-refractivity contribution in [1.29, 1.82) is 0 Å². The third-order valence-corrected chi connectivity index (χ3v) is 2.65. The summed E-state index contributed by atoms with van der Waals surface area (Å²) in [5.41, 5.74) is -0.756. The van der Waals surface area contributed by atoms with Crippen molar-refractivity contribution in [3.63, 3.8) is 0 Å². The molecule has 0 bridgehead atoms. The fourth-order valence-electron chi connectivity index (χ4n) is 1.66. The molecule has 0 aliphatic rings. The zero-order chi connectivity index (χ0) is 13.6. The molecule has 102 valence electrons. The Morgan fingerprint density at radius 3 is 2.83 bits per heavy atom. The number of nitrogens with zero attached hydrogens (tertiary/aromatic N) is 2. The van der Waals surface area contributed by atoms with Crippen LogP contribution >= 0.6 is 11.6 Å². The lowest BCUT2D eigenvalue weighted by Crippen LogP contribution is -2.33. The molecular formula is C12H20ClN3O2. The van der Waals surface area contributed by atoms with E-state index in [1.807, 2.05) is 6.92 Å². The van der Waals surface area contributed by atoms with Gasteiger partial charge in [0.15, 0.2) is 5.82 Å². The molecule has 2 N–H and O–H groups in total. The Labute approximate surface area is 113 Å². The van der Waals surface area contributed by atoms with Gasteiger partial charge in [-0.25, -0.2) is 9.97 Å². The number of nitrogens with one attached hydrogen (secondary N) is 1. The summed E-state index contributed by atoms with van der Waals surface area (Å²) < 4.78 is 4.96. The lowest BCUT2D eigenvalue weighted by atomic mass is 10.0. The highest BCUT2D eigenvalue weighted by Crippen LogP contribution is 2.16. The van der Waals surface area contributed by atoms with Crippen LogP contribution in [-0.4, -0.2) is 34.3 Å². The maximum absolute atomic E-state index is 10.1. The molecule has 1 rings (SSSR count). The smallest absolute Gasteiger partial charge is 0.158 e. The number of hydrogen-bond donors (Lipinski definition) is 2. The fraction of sp³-hybridized carbons (Fsp3) is 0.667. The van der Waals surface area contributed by atoms with Crippen LogP contribution < -0.4 is 5.32 Å². The van der Waals surface area contributed by atoms with Gasteiger partial charge in [0.2, 0.25) is 0 Å². The Kier molecular flexibility index (Phi) is 5.78. The molecule has 0 aliphatic carbocycles. The summed E-state index contributed by atoms with van der Waals surface area (Å²) >= 11 is 5.89. The van der Waals surface area contributed by atoms with Crippen LogP contribution in [0.4, 0.5) is 5.82 Å². The highest BCUT2D eigenvalue weighted by Gasteiger charge is 2.18. The Morgan fingerprint density at radius 1 is 1.50 bits per heavy atom. The standard InChI is InChI=1S/C12H20ClN3O2/c1-4-5-12(2,17)8-14-10-6-9(13)15-11(16-10)7-18-3/h6,17H,4-5,7-8H2,1-3H3,(H,14,15,16). The Hall–Kier alpha value is -0.910. The molecular weight excluding hydrogens is 254 g/mol. The first kappa shape index (κ1) is 15.1. The van der Waals surface area contributed by atoms with Crippen molar-refractivity contribution in [3.05, 3.63) is 17.0 Å². The Bertz CT molecular complexity index is 386. The maximum atomic E-state index is 10.1. The third kappa shape index (κ3) is 5.16. The molecule has 1 unspecified atom stereocenters. The van der Waals surface area contributed by atoms with Crippen molar-refractivity contribution in [2.45, 2.75) is 38.9 Å². The minimum absolute atomic E-state index is 0.306. The Morgan fingerprint density at radius 2 is 2.22 bits per heavy atom. The van der Waals surface area contributed by atoms with Gasteiger partial charge in [0.1, 0.15) is 17.6 Å². The van der Waals surface area contributed by atoms with Crippen LogP contribution in [0.15, 0.2) is 6.07 Å². The van der Waals surface area contributed by atoms with Crippen molar-refractivity contribution in [2.24, 2.45) is 0 Å². The lowest BCUT2D eigenvalue weighted by molar-refractivity contribution is 0.0636. The normalized spacial score (nSPS) is 14.3. The van der Waals surface area contributed by atoms with E-state index in [-0.39, 0.29) is 0 Å². The van der Waals surface area contributed by atoms with Crippen LogP contribution in [0.5, 0.6) is 0 Å².